The zero-order chi connectivity index (χ0) is 16.9. The van der Waals surface area contributed by atoms with Crippen molar-refractivity contribution in [2.24, 2.45) is 16.8 Å². The number of aliphatic imine (C=N–C) groups is 1. The van der Waals surface area contributed by atoms with Crippen LogP contribution in [-0.4, -0.2) is 35.5 Å². The summed E-state index contributed by atoms with van der Waals surface area (Å²) in [7, 11) is 0. The molecule has 1 fully saturated rings. The van der Waals surface area contributed by atoms with Crippen LogP contribution < -0.4 is 5.32 Å². The van der Waals surface area contributed by atoms with Crippen LogP contribution in [-0.2, 0) is 6.54 Å². The van der Waals surface area contributed by atoms with Gasteiger partial charge >= 0.3 is 0 Å². The van der Waals surface area contributed by atoms with Crippen molar-refractivity contribution in [2.75, 3.05) is 19.6 Å². The molecule has 2 atom stereocenters. The lowest BCUT2D eigenvalue weighted by Gasteiger charge is -2.37. The number of rotatable bonds is 4. The summed E-state index contributed by atoms with van der Waals surface area (Å²) in [6.07, 6.45) is 3.01. The van der Waals surface area contributed by atoms with E-state index >= 15 is 0 Å². The topological polar surface area (TPSA) is 53.7 Å². The van der Waals surface area contributed by atoms with Crippen LogP contribution in [0.5, 0.6) is 0 Å². The monoisotopic (exact) mass is 346 g/mol. The van der Waals surface area contributed by atoms with Crippen LogP contribution in [0, 0.1) is 11.8 Å². The van der Waals surface area contributed by atoms with Crippen molar-refractivity contribution in [1.82, 2.24) is 15.2 Å². The van der Waals surface area contributed by atoms with Gasteiger partial charge in [0.2, 0.25) is 5.89 Å². The molecule has 0 saturated carbocycles. The standard InChI is InChI=1S/C18H26N4OS/c1-4-19-18(22-10-13(2)8-14(3)11-22)20-9-15-12-23-17(21-15)16-6-5-7-24-16/h5-7,12-14H,4,8-11H2,1-3H3,(H,19,20). The predicted molar refractivity (Wildman–Crippen MR) is 99.1 cm³/mol. The molecule has 0 amide bonds. The number of likely N-dealkylation sites (tertiary alicyclic amines) is 1. The number of piperidine rings is 1. The number of nitrogens with zero attached hydrogens (tertiary/aromatic N) is 3. The van der Waals surface area contributed by atoms with Gasteiger partial charge in [-0.05, 0) is 36.6 Å². The molecule has 6 heteroatoms. The van der Waals surface area contributed by atoms with Gasteiger partial charge in [-0.2, -0.15) is 0 Å². The number of aromatic nitrogens is 1. The molecule has 2 aromatic rings. The Morgan fingerprint density at radius 3 is 2.88 bits per heavy atom. The highest BCUT2D eigenvalue weighted by atomic mass is 32.1. The molecule has 5 nitrogen and oxygen atoms in total. The fourth-order valence-electron chi connectivity index (χ4n) is 3.31. The molecular weight excluding hydrogens is 320 g/mol. The minimum absolute atomic E-state index is 0.538. The molecule has 1 saturated heterocycles. The average molecular weight is 347 g/mol. The summed E-state index contributed by atoms with van der Waals surface area (Å²) in [5.74, 6) is 3.07. The van der Waals surface area contributed by atoms with Crippen LogP contribution in [0.3, 0.4) is 0 Å². The van der Waals surface area contributed by atoms with Crippen LogP contribution >= 0.6 is 11.3 Å². The van der Waals surface area contributed by atoms with Crippen molar-refractivity contribution in [2.45, 2.75) is 33.7 Å². The van der Waals surface area contributed by atoms with E-state index in [4.69, 9.17) is 9.41 Å². The lowest BCUT2D eigenvalue weighted by atomic mass is 9.92. The minimum Gasteiger partial charge on any atom is -0.443 e. The highest BCUT2D eigenvalue weighted by Crippen LogP contribution is 2.24. The summed E-state index contributed by atoms with van der Waals surface area (Å²) in [4.78, 5) is 12.8. The third-order valence-corrected chi connectivity index (χ3v) is 5.04. The van der Waals surface area contributed by atoms with Crippen molar-refractivity contribution < 1.29 is 4.42 Å². The van der Waals surface area contributed by atoms with E-state index in [1.165, 1.54) is 6.42 Å². The molecule has 1 aliphatic heterocycles. The van der Waals surface area contributed by atoms with E-state index in [0.29, 0.717) is 24.3 Å². The number of thiophene rings is 1. The van der Waals surface area contributed by atoms with Gasteiger partial charge < -0.3 is 14.6 Å². The largest absolute Gasteiger partial charge is 0.443 e. The molecule has 0 spiro atoms. The third kappa shape index (κ3) is 4.17. The molecule has 130 valence electrons. The second-order valence-electron chi connectivity index (χ2n) is 6.64. The van der Waals surface area contributed by atoms with Crippen LogP contribution in [0.25, 0.3) is 10.8 Å². The quantitative estimate of drug-likeness (QED) is 0.675. The summed E-state index contributed by atoms with van der Waals surface area (Å²) in [5.41, 5.74) is 0.868. The molecular formula is C18H26N4OS. The Labute approximate surface area is 147 Å². The SMILES string of the molecule is CCNC(=NCc1coc(-c2cccs2)n1)N1CC(C)CC(C)C1. The third-order valence-electron chi connectivity index (χ3n) is 4.18. The molecule has 2 unspecified atom stereocenters. The second-order valence-corrected chi connectivity index (χ2v) is 7.59. The van der Waals surface area contributed by atoms with Gasteiger partial charge in [-0.3, -0.25) is 0 Å². The first-order valence-corrected chi connectivity index (χ1v) is 9.55. The summed E-state index contributed by atoms with van der Waals surface area (Å²) in [6, 6.07) is 4.02. The second kappa shape index (κ2) is 7.83. The van der Waals surface area contributed by atoms with Crippen molar-refractivity contribution in [1.29, 1.82) is 0 Å². The maximum atomic E-state index is 5.58. The summed E-state index contributed by atoms with van der Waals surface area (Å²) in [6.45, 7) is 10.3. The maximum Gasteiger partial charge on any atom is 0.236 e. The fourth-order valence-corrected chi connectivity index (χ4v) is 3.97. The number of guanidine groups is 1. The van der Waals surface area contributed by atoms with Crippen LogP contribution in [0.4, 0.5) is 0 Å². The molecule has 24 heavy (non-hydrogen) atoms. The Kier molecular flexibility index (Phi) is 5.56. The average Bonchev–Trinajstić information content (AvgIpc) is 3.21. The van der Waals surface area contributed by atoms with Crippen LogP contribution in [0.1, 0.15) is 32.9 Å². The van der Waals surface area contributed by atoms with Crippen molar-refractivity contribution in [3.8, 4) is 10.8 Å². The zero-order valence-electron chi connectivity index (χ0n) is 14.7. The number of hydrogen-bond acceptors (Lipinski definition) is 4. The van der Waals surface area contributed by atoms with Gasteiger partial charge in [-0.25, -0.2) is 9.98 Å². The molecule has 0 aromatic carbocycles. The summed E-state index contributed by atoms with van der Waals surface area (Å²) in [5, 5.41) is 5.44. The lowest BCUT2D eigenvalue weighted by Crippen LogP contribution is -2.48. The number of oxazole rings is 1. The van der Waals surface area contributed by atoms with Gasteiger partial charge in [0.25, 0.3) is 0 Å². The first-order valence-electron chi connectivity index (χ1n) is 8.67. The number of hydrogen-bond donors (Lipinski definition) is 1. The van der Waals surface area contributed by atoms with Crippen molar-refractivity contribution in [3.05, 3.63) is 29.5 Å². The molecule has 2 aromatic heterocycles. The first kappa shape index (κ1) is 17.0. The molecule has 1 N–H and O–H groups in total. The Balaban J connectivity index is 1.69. The van der Waals surface area contributed by atoms with Crippen molar-refractivity contribution >= 4 is 17.3 Å². The van der Waals surface area contributed by atoms with Crippen LogP contribution in [0.2, 0.25) is 0 Å². The van der Waals surface area contributed by atoms with Crippen LogP contribution in [0.15, 0.2) is 33.2 Å². The Morgan fingerprint density at radius 2 is 2.21 bits per heavy atom. The van der Waals surface area contributed by atoms with Gasteiger partial charge in [0.05, 0.1) is 11.4 Å². The normalized spacial score (nSPS) is 22.0. The molecule has 0 radical (unpaired) electrons. The molecule has 1 aliphatic rings. The highest BCUT2D eigenvalue weighted by Gasteiger charge is 2.24. The van der Waals surface area contributed by atoms with Gasteiger partial charge in [-0.15, -0.1) is 11.3 Å². The summed E-state index contributed by atoms with van der Waals surface area (Å²) >= 11 is 1.63. The zero-order valence-corrected chi connectivity index (χ0v) is 15.5. The van der Waals surface area contributed by atoms with E-state index in [-0.39, 0.29) is 0 Å². The van der Waals surface area contributed by atoms with E-state index in [1.807, 2.05) is 17.5 Å². The minimum atomic E-state index is 0.538. The Bertz CT molecular complexity index is 654. The van der Waals surface area contributed by atoms with Gasteiger partial charge in [0.1, 0.15) is 12.0 Å². The van der Waals surface area contributed by atoms with Gasteiger partial charge in [0.15, 0.2) is 5.96 Å². The molecule has 3 rings (SSSR count). The molecule has 0 aliphatic carbocycles. The Hall–Kier alpha value is -1.82. The van der Waals surface area contributed by atoms with Crippen molar-refractivity contribution in [3.63, 3.8) is 0 Å². The van der Waals surface area contributed by atoms with Gasteiger partial charge in [-0.1, -0.05) is 19.9 Å². The predicted octanol–water partition coefficient (Wildman–Crippen LogP) is 3.85. The number of nitrogens with one attached hydrogen (secondary N) is 1. The lowest BCUT2D eigenvalue weighted by molar-refractivity contribution is 0.208. The van der Waals surface area contributed by atoms with E-state index in [1.54, 1.807) is 17.6 Å². The van der Waals surface area contributed by atoms with E-state index < -0.39 is 0 Å². The van der Waals surface area contributed by atoms with E-state index in [9.17, 15) is 0 Å². The van der Waals surface area contributed by atoms with Gasteiger partial charge in [0, 0.05) is 19.6 Å². The highest BCUT2D eigenvalue weighted by molar-refractivity contribution is 7.13. The first-order chi connectivity index (χ1) is 11.7. The summed E-state index contributed by atoms with van der Waals surface area (Å²) < 4.78 is 5.58. The molecule has 3 heterocycles. The molecule has 0 bridgehead atoms. The smallest absolute Gasteiger partial charge is 0.236 e. The maximum absolute atomic E-state index is 5.58. The fraction of sp³-hybridized carbons (Fsp3) is 0.556. The Morgan fingerprint density at radius 1 is 1.42 bits per heavy atom. The van der Waals surface area contributed by atoms with E-state index in [2.05, 4.69) is 36.0 Å². The van der Waals surface area contributed by atoms with E-state index in [0.717, 1.165) is 36.2 Å².